The molecular weight excluding hydrogens is 310 g/mol. The lowest BCUT2D eigenvalue weighted by atomic mass is 10.2. The number of aromatic nitrogens is 3. The molecule has 0 amide bonds. The molecule has 3 heterocycles. The van der Waals surface area contributed by atoms with Gasteiger partial charge in [0.2, 0.25) is 0 Å². The van der Waals surface area contributed by atoms with Crippen LogP contribution in [0.15, 0.2) is 49.2 Å². The van der Waals surface area contributed by atoms with Gasteiger partial charge in [-0.1, -0.05) is 0 Å². The maximum Gasteiger partial charge on any atom is 0.513 e. The van der Waals surface area contributed by atoms with E-state index in [2.05, 4.69) is 25.8 Å². The van der Waals surface area contributed by atoms with Crippen molar-refractivity contribution in [3.05, 3.63) is 49.2 Å². The van der Waals surface area contributed by atoms with Gasteiger partial charge in [0.1, 0.15) is 5.69 Å². The van der Waals surface area contributed by atoms with Gasteiger partial charge in [0.15, 0.2) is 5.75 Å². The number of hydrogen-bond donors (Lipinski definition) is 2. The number of hydrogen-bond acceptors (Lipinski definition) is 8. The lowest BCUT2D eigenvalue weighted by molar-refractivity contribution is 0.104. The zero-order valence-electron chi connectivity index (χ0n) is 12.9. The van der Waals surface area contributed by atoms with Crippen molar-refractivity contribution in [1.82, 2.24) is 15.0 Å². The van der Waals surface area contributed by atoms with Crippen molar-refractivity contribution in [2.75, 3.05) is 17.5 Å². The van der Waals surface area contributed by atoms with Crippen molar-refractivity contribution < 1.29 is 14.3 Å². The van der Waals surface area contributed by atoms with Gasteiger partial charge in [-0.15, -0.1) is 0 Å². The Morgan fingerprint density at radius 2 is 1.88 bits per heavy atom. The first-order chi connectivity index (χ1) is 11.8. The average Bonchev–Trinajstić information content (AvgIpc) is 2.62. The minimum absolute atomic E-state index is 0.222. The Hall–Kier alpha value is -3.42. The van der Waals surface area contributed by atoms with Gasteiger partial charge in [-0.3, -0.25) is 20.4 Å². The first kappa shape index (κ1) is 15.5. The fourth-order valence-corrected chi connectivity index (χ4v) is 2.03. The summed E-state index contributed by atoms with van der Waals surface area (Å²) in [5.74, 6) is 0.232. The molecule has 0 aliphatic heterocycles. The number of carbonyl (C=O) groups excluding carboxylic acids is 1. The monoisotopic (exact) mass is 325 g/mol. The summed E-state index contributed by atoms with van der Waals surface area (Å²) in [6, 6.07) is 5.35. The molecule has 0 atom stereocenters. The molecule has 0 bridgehead atoms. The van der Waals surface area contributed by atoms with E-state index in [1.165, 1.54) is 6.20 Å². The van der Waals surface area contributed by atoms with E-state index in [0.29, 0.717) is 16.6 Å². The minimum atomic E-state index is -0.797. The maximum atomic E-state index is 11.6. The Morgan fingerprint density at radius 1 is 1.08 bits per heavy atom. The Bertz CT molecular complexity index is 841. The number of anilines is 2. The highest BCUT2D eigenvalue weighted by molar-refractivity contribution is 5.94. The predicted molar refractivity (Wildman–Crippen MR) is 88.7 cm³/mol. The van der Waals surface area contributed by atoms with Crippen LogP contribution in [0.2, 0.25) is 0 Å². The zero-order valence-corrected chi connectivity index (χ0v) is 12.9. The second-order valence-electron chi connectivity index (χ2n) is 4.66. The van der Waals surface area contributed by atoms with Crippen LogP contribution in [-0.4, -0.2) is 27.7 Å². The Labute approximate surface area is 137 Å². The molecule has 0 aliphatic rings. The number of fused-ring (bicyclic) bond motifs is 1. The molecule has 0 aliphatic carbocycles. The van der Waals surface area contributed by atoms with E-state index in [1.54, 1.807) is 49.9 Å². The van der Waals surface area contributed by atoms with Crippen LogP contribution in [0.5, 0.6) is 5.75 Å². The Balaban J connectivity index is 1.93. The van der Waals surface area contributed by atoms with Crippen molar-refractivity contribution in [2.45, 2.75) is 6.92 Å². The van der Waals surface area contributed by atoms with E-state index in [1.807, 2.05) is 0 Å². The van der Waals surface area contributed by atoms with E-state index in [4.69, 9.17) is 9.47 Å². The summed E-state index contributed by atoms with van der Waals surface area (Å²) in [6.07, 6.45) is 7.25. The number of carbonyl (C=O) groups is 1. The largest absolute Gasteiger partial charge is 0.513 e. The molecule has 2 N–H and O–H groups in total. The molecule has 8 heteroatoms. The molecule has 0 spiro atoms. The van der Waals surface area contributed by atoms with Crippen molar-refractivity contribution in [3.8, 4) is 5.75 Å². The first-order valence-electron chi connectivity index (χ1n) is 7.27. The normalized spacial score (nSPS) is 10.2. The molecule has 24 heavy (non-hydrogen) atoms. The molecule has 3 aromatic heterocycles. The standard InChI is InChI=1S/C16H15N5O3/c1-2-23-16(22)24-14-10-19-13-5-8-18-9-12(13)15(14)21-20-11-3-6-17-7-4-11/h3-10H,2H2,1H3,(H,17,20)(H,19,21). The molecule has 0 saturated carbocycles. The molecule has 8 nitrogen and oxygen atoms in total. The van der Waals surface area contributed by atoms with Crippen LogP contribution in [-0.2, 0) is 4.74 Å². The summed E-state index contributed by atoms with van der Waals surface area (Å²) in [7, 11) is 0. The van der Waals surface area contributed by atoms with Crippen molar-refractivity contribution in [1.29, 1.82) is 0 Å². The number of hydrazine groups is 1. The summed E-state index contributed by atoms with van der Waals surface area (Å²) < 4.78 is 10.0. The van der Waals surface area contributed by atoms with Gasteiger partial charge in [-0.25, -0.2) is 4.79 Å². The number of nitrogens with zero attached hydrogens (tertiary/aromatic N) is 3. The average molecular weight is 325 g/mol. The second kappa shape index (κ2) is 7.23. The molecular formula is C16H15N5O3. The highest BCUT2D eigenvalue weighted by Gasteiger charge is 2.14. The molecule has 0 radical (unpaired) electrons. The van der Waals surface area contributed by atoms with Gasteiger partial charge in [0.25, 0.3) is 0 Å². The zero-order chi connectivity index (χ0) is 16.8. The van der Waals surface area contributed by atoms with Crippen LogP contribution in [0.3, 0.4) is 0 Å². The Kier molecular flexibility index (Phi) is 4.66. The molecule has 0 saturated heterocycles. The number of nitrogens with one attached hydrogen (secondary N) is 2. The van der Waals surface area contributed by atoms with Crippen molar-refractivity contribution >= 4 is 28.4 Å². The third kappa shape index (κ3) is 3.49. The second-order valence-corrected chi connectivity index (χ2v) is 4.66. The SMILES string of the molecule is CCOC(=O)Oc1cnc2ccncc2c1NNc1ccncc1. The summed E-state index contributed by atoms with van der Waals surface area (Å²) in [4.78, 5) is 23.9. The van der Waals surface area contributed by atoms with Gasteiger partial charge in [0.05, 0.1) is 24.0 Å². The van der Waals surface area contributed by atoms with Gasteiger partial charge < -0.3 is 14.9 Å². The van der Waals surface area contributed by atoms with Gasteiger partial charge in [-0.2, -0.15) is 0 Å². The third-order valence-electron chi connectivity index (χ3n) is 3.10. The van der Waals surface area contributed by atoms with Crippen LogP contribution >= 0.6 is 0 Å². The molecule has 0 aromatic carbocycles. The molecule has 3 rings (SSSR count). The fraction of sp³-hybridized carbons (Fsp3) is 0.125. The van der Waals surface area contributed by atoms with Gasteiger partial charge >= 0.3 is 6.16 Å². The van der Waals surface area contributed by atoms with Crippen molar-refractivity contribution in [2.24, 2.45) is 0 Å². The maximum absolute atomic E-state index is 11.6. The predicted octanol–water partition coefficient (Wildman–Crippen LogP) is 3.00. The lowest BCUT2D eigenvalue weighted by Crippen LogP contribution is -2.15. The van der Waals surface area contributed by atoms with E-state index in [0.717, 1.165) is 5.69 Å². The number of ether oxygens (including phenoxy) is 2. The van der Waals surface area contributed by atoms with E-state index < -0.39 is 6.16 Å². The van der Waals surface area contributed by atoms with Crippen LogP contribution in [0, 0.1) is 0 Å². The van der Waals surface area contributed by atoms with Crippen LogP contribution in [0.25, 0.3) is 10.9 Å². The van der Waals surface area contributed by atoms with Gasteiger partial charge in [-0.05, 0) is 25.1 Å². The Morgan fingerprint density at radius 3 is 2.67 bits per heavy atom. The van der Waals surface area contributed by atoms with Gasteiger partial charge in [0, 0.05) is 30.2 Å². The van der Waals surface area contributed by atoms with Crippen LogP contribution in [0.1, 0.15) is 6.92 Å². The van der Waals surface area contributed by atoms with E-state index in [-0.39, 0.29) is 12.4 Å². The molecule has 122 valence electrons. The molecule has 0 unspecified atom stereocenters. The summed E-state index contributed by atoms with van der Waals surface area (Å²) in [6.45, 7) is 1.92. The topological polar surface area (TPSA) is 98.3 Å². The quantitative estimate of drug-likeness (QED) is 0.545. The van der Waals surface area contributed by atoms with Crippen LogP contribution < -0.4 is 15.6 Å². The highest BCUT2D eigenvalue weighted by Crippen LogP contribution is 2.31. The smallest absolute Gasteiger partial charge is 0.434 e. The first-order valence-corrected chi connectivity index (χ1v) is 7.27. The summed E-state index contributed by atoms with van der Waals surface area (Å²) in [5.41, 5.74) is 8.08. The van der Waals surface area contributed by atoms with E-state index in [9.17, 15) is 4.79 Å². The lowest BCUT2D eigenvalue weighted by Gasteiger charge is -2.15. The highest BCUT2D eigenvalue weighted by atomic mass is 16.7. The van der Waals surface area contributed by atoms with E-state index >= 15 is 0 Å². The van der Waals surface area contributed by atoms with Crippen molar-refractivity contribution in [3.63, 3.8) is 0 Å². The third-order valence-corrected chi connectivity index (χ3v) is 3.10. The summed E-state index contributed by atoms with van der Waals surface area (Å²) in [5, 5.41) is 0.695. The fourth-order valence-electron chi connectivity index (χ4n) is 2.03. The number of pyridine rings is 3. The minimum Gasteiger partial charge on any atom is -0.434 e. The molecule has 3 aromatic rings. The summed E-state index contributed by atoms with van der Waals surface area (Å²) >= 11 is 0. The number of rotatable bonds is 5. The molecule has 0 fully saturated rings. The van der Waals surface area contributed by atoms with Crippen LogP contribution in [0.4, 0.5) is 16.2 Å².